The van der Waals surface area contributed by atoms with Gasteiger partial charge in [-0.05, 0) is 88.2 Å². The fraction of sp³-hybridized carbons (Fsp3) is 0.699. The molecule has 0 radical (unpaired) electrons. The summed E-state index contributed by atoms with van der Waals surface area (Å²) in [6.07, 6.45) is 24.4. The number of unbranched alkanes of at least 4 members (excludes halogenated alkanes) is 23. The van der Waals surface area contributed by atoms with E-state index in [1.807, 2.05) is 0 Å². The highest BCUT2D eigenvalue weighted by atomic mass is 31.2. The Labute approximate surface area is 570 Å². The zero-order chi connectivity index (χ0) is 69.6. The molecule has 1 amide bonds. The molecule has 96 heavy (non-hydrogen) atoms. The average molecular weight is 1370 g/mol. The number of carbonyl (C=O) groups excluding carboxylic acids is 3. The van der Waals surface area contributed by atoms with Crippen LogP contribution in [0.1, 0.15) is 218 Å². The van der Waals surface area contributed by atoms with Crippen LogP contribution in [0.3, 0.4) is 0 Å². The minimum absolute atomic E-state index is 0.0862. The van der Waals surface area contributed by atoms with Gasteiger partial charge in [0, 0.05) is 19.3 Å². The largest absolute Gasteiger partial charge is 0.480 e. The molecule has 2 aromatic carbocycles. The Morgan fingerprint density at radius 1 is 0.542 bits per heavy atom. The van der Waals surface area contributed by atoms with E-state index < -0.39 is 131 Å². The molecular weight excluding hydrogens is 1260 g/mol. The number of allylic oxidation sites excluding steroid dienone is 6. The minimum Gasteiger partial charge on any atom is -0.480 e. The van der Waals surface area contributed by atoms with E-state index in [4.69, 9.17) is 32.9 Å². The van der Waals surface area contributed by atoms with Gasteiger partial charge in [-0.1, -0.05) is 220 Å². The quantitative estimate of drug-likeness (QED) is 0.0127. The van der Waals surface area contributed by atoms with E-state index in [-0.39, 0.29) is 32.3 Å². The van der Waals surface area contributed by atoms with Crippen LogP contribution in [-0.4, -0.2) is 170 Å². The highest BCUT2D eigenvalue weighted by Crippen LogP contribution is 2.40. The van der Waals surface area contributed by atoms with Crippen molar-refractivity contribution in [3.63, 3.8) is 0 Å². The molecule has 10 N–H and O–H groups in total. The lowest BCUT2D eigenvalue weighted by molar-refractivity contribution is -0.360. The van der Waals surface area contributed by atoms with Crippen LogP contribution in [0, 0.1) is 0 Å². The Bertz CT molecular complexity index is 2530. The van der Waals surface area contributed by atoms with E-state index >= 15 is 0 Å². The van der Waals surface area contributed by atoms with Gasteiger partial charge in [0.05, 0.1) is 19.8 Å². The molecule has 0 aliphatic carbocycles. The van der Waals surface area contributed by atoms with Crippen molar-refractivity contribution in [2.75, 3.05) is 26.4 Å². The van der Waals surface area contributed by atoms with Crippen molar-refractivity contribution in [1.82, 2.24) is 10.4 Å². The molecule has 0 bridgehead atoms. The fourth-order valence-electron chi connectivity index (χ4n) is 11.4. The van der Waals surface area contributed by atoms with Crippen LogP contribution in [-0.2, 0) is 69.5 Å². The predicted octanol–water partition coefficient (Wildman–Crippen LogP) is 10.6. The fourth-order valence-corrected chi connectivity index (χ4v) is 12.4. The standard InChI is InChI=1S/C73H117N2O20P/c1-3-5-7-9-11-13-15-17-19-20-21-22-24-25-27-29-31-33-41-47-62(77)89-52-57(92-63(78)48-42-34-32-30-28-26-23-18-16-14-12-10-8-6-4-2)53-90-72-68(83)66(81)69(60(51-76)93-72)95-73-67(82)65(80)64(79)61(94-73)54-91-96(87,88)75-58(49-55-43-37-35-38-44-55)70(84)74-59(71(85)86)50-56-45-39-36-40-46-56/h12,14,17-19,23,35-40,43-46,57-61,64-69,72-73,76,79-83H,3-11,13,15-16,20-22,24-34,41-42,47-54H2,1-2H3,(H,74,84)(H,85,86)(H2,75,87,88)/b14-12-,19-17-,23-18-/t57-,58-,59-,60-,61+,64-,65-,66-,67+,68+,69-,72+,73-/m0/s1. The molecular formula is C73H117N2O20P. The Balaban J connectivity index is 1.29. The van der Waals surface area contributed by atoms with E-state index in [9.17, 15) is 64.4 Å². The first-order valence-corrected chi connectivity index (χ1v) is 37.3. The van der Waals surface area contributed by atoms with Gasteiger partial charge in [-0.3, -0.25) is 18.9 Å². The Kier molecular flexibility index (Phi) is 44.1. The summed E-state index contributed by atoms with van der Waals surface area (Å²) in [5.74, 6) is -3.37. The summed E-state index contributed by atoms with van der Waals surface area (Å²) in [6.45, 7) is 1.71. The maximum atomic E-state index is 13.7. The van der Waals surface area contributed by atoms with Gasteiger partial charge < -0.3 is 74.4 Å². The highest BCUT2D eigenvalue weighted by Gasteiger charge is 2.51. The zero-order valence-electron chi connectivity index (χ0n) is 57.1. The lowest BCUT2D eigenvalue weighted by Crippen LogP contribution is -2.64. The van der Waals surface area contributed by atoms with Crippen molar-refractivity contribution in [2.45, 2.75) is 299 Å². The van der Waals surface area contributed by atoms with Gasteiger partial charge >= 0.3 is 25.7 Å². The summed E-state index contributed by atoms with van der Waals surface area (Å²) in [5, 5.41) is 81.0. The zero-order valence-corrected chi connectivity index (χ0v) is 58.0. The van der Waals surface area contributed by atoms with Gasteiger partial charge in [0.15, 0.2) is 18.7 Å². The van der Waals surface area contributed by atoms with Gasteiger partial charge in [0.25, 0.3) is 0 Å². The molecule has 4 rings (SSSR count). The van der Waals surface area contributed by atoms with Crippen LogP contribution >= 0.6 is 7.75 Å². The topological polar surface area (TPSA) is 336 Å². The van der Waals surface area contributed by atoms with E-state index in [1.165, 1.54) is 89.9 Å². The number of aliphatic hydroxyl groups excluding tert-OH is 6. The van der Waals surface area contributed by atoms with Crippen molar-refractivity contribution >= 4 is 31.6 Å². The molecule has 0 saturated carbocycles. The van der Waals surface area contributed by atoms with Crippen LogP contribution in [0.4, 0.5) is 0 Å². The molecule has 2 saturated heterocycles. The molecule has 22 nitrogen and oxygen atoms in total. The predicted molar refractivity (Wildman–Crippen MR) is 366 cm³/mol. The minimum atomic E-state index is -5.09. The number of rotatable bonds is 54. The van der Waals surface area contributed by atoms with E-state index in [0.29, 0.717) is 24.0 Å². The van der Waals surface area contributed by atoms with Crippen LogP contribution in [0.2, 0.25) is 0 Å². The summed E-state index contributed by atoms with van der Waals surface area (Å²) in [4.78, 5) is 63.4. The van der Waals surface area contributed by atoms with Crippen molar-refractivity contribution in [2.24, 2.45) is 0 Å². The third-order valence-electron chi connectivity index (χ3n) is 17.2. The summed E-state index contributed by atoms with van der Waals surface area (Å²) in [7, 11) is -5.09. The second-order valence-corrected chi connectivity index (χ2v) is 27.0. The molecule has 14 atom stereocenters. The van der Waals surface area contributed by atoms with Gasteiger partial charge in [-0.2, -0.15) is 0 Å². The number of benzene rings is 2. The van der Waals surface area contributed by atoms with Crippen LogP contribution in [0.15, 0.2) is 97.1 Å². The molecule has 0 aromatic heterocycles. The molecule has 0 spiro atoms. The normalized spacial score (nSPS) is 23.1. The third-order valence-corrected chi connectivity index (χ3v) is 18.3. The molecule has 23 heteroatoms. The Morgan fingerprint density at radius 2 is 1.00 bits per heavy atom. The summed E-state index contributed by atoms with van der Waals surface area (Å²) in [6, 6.07) is 13.9. The number of carboxylic acids is 1. The number of esters is 2. The number of hydrogen-bond donors (Lipinski definition) is 10. The van der Waals surface area contributed by atoms with Crippen LogP contribution < -0.4 is 10.4 Å². The first-order chi connectivity index (χ1) is 46.5. The molecule has 2 aliphatic rings. The molecule has 2 heterocycles. The van der Waals surface area contributed by atoms with Crippen molar-refractivity contribution in [1.29, 1.82) is 0 Å². The van der Waals surface area contributed by atoms with Crippen molar-refractivity contribution in [3.05, 3.63) is 108 Å². The molecule has 544 valence electrons. The Hall–Kier alpha value is -4.75. The van der Waals surface area contributed by atoms with Gasteiger partial charge in [-0.25, -0.2) is 14.4 Å². The number of nitrogens with one attached hydrogen (secondary N) is 2. The first-order valence-electron chi connectivity index (χ1n) is 35.7. The molecule has 1 unspecified atom stereocenters. The van der Waals surface area contributed by atoms with Crippen LogP contribution in [0.5, 0.6) is 0 Å². The van der Waals surface area contributed by atoms with Gasteiger partial charge in [-0.15, -0.1) is 0 Å². The summed E-state index contributed by atoms with van der Waals surface area (Å²) in [5.41, 5.74) is 1.13. The van der Waals surface area contributed by atoms with Gasteiger partial charge in [0.2, 0.25) is 5.91 Å². The molecule has 2 aliphatic heterocycles. The van der Waals surface area contributed by atoms with Crippen molar-refractivity contribution < 1.29 is 97.3 Å². The maximum absolute atomic E-state index is 13.7. The summed E-state index contributed by atoms with van der Waals surface area (Å²) >= 11 is 0. The smallest absolute Gasteiger partial charge is 0.403 e. The number of amides is 1. The highest BCUT2D eigenvalue weighted by molar-refractivity contribution is 7.50. The SMILES string of the molecule is CCCCC/C=C\C/C=C\CCCCCCCC(=O)O[C@@H](COC(=O)CCCCCCCCCCC/C=C\CCCCCCCC)CO[C@@H]1O[C@@H](CO)[C@H](O[C@@H]2O[C@H](COP(=O)(O)N[C@@H](Cc3ccccc3)C(=O)N[C@@H](Cc3ccccc3)C(=O)O)[C@H](O)[C@H](O)[C@H]2O)[C@@H](O)[C@H]1O. The lowest BCUT2D eigenvalue weighted by atomic mass is 9.97. The number of carbonyl (C=O) groups is 4. The molecule has 2 fully saturated rings. The third kappa shape index (κ3) is 35.3. The number of hydrogen-bond acceptors (Lipinski definition) is 18. The van der Waals surface area contributed by atoms with E-state index in [2.05, 4.69) is 60.7 Å². The summed E-state index contributed by atoms with van der Waals surface area (Å²) < 4.78 is 53.6. The van der Waals surface area contributed by atoms with E-state index in [0.717, 1.165) is 77.0 Å². The number of carboxylic acid groups (broad SMARTS) is 1. The maximum Gasteiger partial charge on any atom is 0.403 e. The van der Waals surface area contributed by atoms with Gasteiger partial charge in [0.1, 0.15) is 67.5 Å². The number of ether oxygens (including phenoxy) is 6. The first kappa shape index (κ1) is 83.7. The van der Waals surface area contributed by atoms with Crippen LogP contribution in [0.25, 0.3) is 0 Å². The number of aliphatic carboxylic acids is 1. The average Bonchev–Trinajstić information content (AvgIpc) is 0.792. The monoisotopic (exact) mass is 1370 g/mol. The molecule has 2 aromatic rings. The second-order valence-electron chi connectivity index (χ2n) is 25.5. The lowest BCUT2D eigenvalue weighted by Gasteiger charge is -2.46. The Morgan fingerprint density at radius 3 is 1.53 bits per heavy atom. The van der Waals surface area contributed by atoms with Crippen molar-refractivity contribution in [3.8, 4) is 0 Å². The number of aliphatic hydroxyl groups is 6. The van der Waals surface area contributed by atoms with E-state index in [1.54, 1.807) is 60.7 Å². The second kappa shape index (κ2) is 50.6.